The van der Waals surface area contributed by atoms with Gasteiger partial charge >= 0.3 is 0 Å². The summed E-state index contributed by atoms with van der Waals surface area (Å²) in [5, 5.41) is 12.3. The molecule has 1 heterocycles. The highest BCUT2D eigenvalue weighted by atomic mass is 32.2. The summed E-state index contributed by atoms with van der Waals surface area (Å²) < 4.78 is 7.38. The van der Waals surface area contributed by atoms with Gasteiger partial charge in [-0.1, -0.05) is 23.9 Å². The molecule has 156 valence electrons. The predicted molar refractivity (Wildman–Crippen MR) is 120 cm³/mol. The third-order valence-corrected chi connectivity index (χ3v) is 6.24. The van der Waals surface area contributed by atoms with Gasteiger partial charge in [0.05, 0.1) is 12.4 Å². The highest BCUT2D eigenvalue weighted by Gasteiger charge is 2.16. The number of anilines is 1. The van der Waals surface area contributed by atoms with E-state index in [1.807, 2.05) is 42.8 Å². The molecule has 0 atom stereocenters. The molecule has 1 aliphatic rings. The van der Waals surface area contributed by atoms with E-state index in [-0.39, 0.29) is 11.7 Å². The van der Waals surface area contributed by atoms with Crippen LogP contribution in [0.25, 0.3) is 11.4 Å². The minimum absolute atomic E-state index is 0.0810. The summed E-state index contributed by atoms with van der Waals surface area (Å²) in [5.41, 5.74) is 4.70. The lowest BCUT2D eigenvalue weighted by atomic mass is 9.90. The van der Waals surface area contributed by atoms with Crippen molar-refractivity contribution in [3.8, 4) is 17.1 Å². The molecule has 0 bridgehead atoms. The summed E-state index contributed by atoms with van der Waals surface area (Å²) in [5.74, 6) is 1.81. The first kappa shape index (κ1) is 20.5. The zero-order valence-corrected chi connectivity index (χ0v) is 18.2. The van der Waals surface area contributed by atoms with E-state index in [4.69, 9.17) is 4.74 Å². The third-order valence-electron chi connectivity index (χ3n) is 5.22. The molecule has 4 rings (SSSR count). The Kier molecular flexibility index (Phi) is 6.38. The molecule has 3 aromatic rings. The maximum absolute atomic E-state index is 12.3. The van der Waals surface area contributed by atoms with Gasteiger partial charge in [-0.25, -0.2) is 0 Å². The van der Waals surface area contributed by atoms with Crippen molar-refractivity contribution in [2.75, 3.05) is 17.7 Å². The second-order valence-corrected chi connectivity index (χ2v) is 8.29. The second kappa shape index (κ2) is 9.34. The Morgan fingerprint density at radius 1 is 1.10 bits per heavy atom. The van der Waals surface area contributed by atoms with Crippen LogP contribution < -0.4 is 10.1 Å². The van der Waals surface area contributed by atoms with Gasteiger partial charge in [-0.3, -0.25) is 4.79 Å². The second-order valence-electron chi connectivity index (χ2n) is 7.35. The lowest BCUT2D eigenvalue weighted by molar-refractivity contribution is -0.113. The maximum atomic E-state index is 12.3. The number of amides is 1. The number of nitrogens with zero attached hydrogens (tertiary/aromatic N) is 3. The van der Waals surface area contributed by atoms with Gasteiger partial charge in [0, 0.05) is 18.3 Å². The third kappa shape index (κ3) is 4.67. The fourth-order valence-electron chi connectivity index (χ4n) is 3.69. The maximum Gasteiger partial charge on any atom is 0.234 e. The van der Waals surface area contributed by atoms with Gasteiger partial charge in [0.25, 0.3) is 0 Å². The summed E-state index contributed by atoms with van der Waals surface area (Å²) in [6, 6.07) is 14.0. The number of carbonyl (C=O) groups is 1. The summed E-state index contributed by atoms with van der Waals surface area (Å²) in [4.78, 5) is 12.3. The van der Waals surface area contributed by atoms with Crippen molar-refractivity contribution < 1.29 is 9.53 Å². The monoisotopic (exact) mass is 422 g/mol. The molecule has 1 amide bonds. The average molecular weight is 423 g/mol. The summed E-state index contributed by atoms with van der Waals surface area (Å²) in [6.45, 7) is 2.56. The van der Waals surface area contributed by atoms with Gasteiger partial charge in [0.2, 0.25) is 5.91 Å². The molecule has 0 saturated carbocycles. The predicted octanol–water partition coefficient (Wildman–Crippen LogP) is 4.49. The smallest absolute Gasteiger partial charge is 0.234 e. The number of hydrogen-bond donors (Lipinski definition) is 1. The summed E-state index contributed by atoms with van der Waals surface area (Å²) in [6.07, 6.45) is 4.82. The van der Waals surface area contributed by atoms with Crippen molar-refractivity contribution in [2.24, 2.45) is 7.05 Å². The first-order valence-electron chi connectivity index (χ1n) is 10.3. The number of carbonyl (C=O) groups excluding carboxylic acids is 1. The topological polar surface area (TPSA) is 69.0 Å². The van der Waals surface area contributed by atoms with E-state index >= 15 is 0 Å². The molecule has 7 heteroatoms. The SMILES string of the molecule is CCOc1ccc(NC(=O)CSc2nnc(-c3ccc4c(c3)CCCC4)n2C)cc1. The zero-order valence-electron chi connectivity index (χ0n) is 17.4. The fraction of sp³-hybridized carbons (Fsp3) is 0.348. The number of rotatable bonds is 7. The minimum atomic E-state index is -0.0810. The van der Waals surface area contributed by atoms with Crippen LogP contribution in [-0.2, 0) is 24.7 Å². The first-order valence-corrected chi connectivity index (χ1v) is 11.3. The van der Waals surface area contributed by atoms with E-state index in [0.29, 0.717) is 6.61 Å². The standard InChI is InChI=1S/C23H26N4O2S/c1-3-29-20-12-10-19(11-13-20)24-21(28)15-30-23-26-25-22(27(23)2)18-9-8-16-6-4-5-7-17(16)14-18/h8-14H,3-7,15H2,1-2H3,(H,24,28). The normalized spacial score (nSPS) is 13.0. The van der Waals surface area contributed by atoms with Crippen LogP contribution in [0.2, 0.25) is 0 Å². The highest BCUT2D eigenvalue weighted by molar-refractivity contribution is 7.99. The van der Waals surface area contributed by atoms with Crippen LogP contribution in [0.1, 0.15) is 30.9 Å². The Morgan fingerprint density at radius 2 is 1.87 bits per heavy atom. The van der Waals surface area contributed by atoms with Crippen molar-refractivity contribution in [1.29, 1.82) is 0 Å². The number of nitrogens with one attached hydrogen (secondary N) is 1. The van der Waals surface area contributed by atoms with Crippen molar-refractivity contribution in [2.45, 2.75) is 37.8 Å². The highest BCUT2D eigenvalue weighted by Crippen LogP contribution is 2.28. The van der Waals surface area contributed by atoms with E-state index in [1.54, 1.807) is 0 Å². The molecule has 0 fully saturated rings. The molecule has 0 saturated heterocycles. The van der Waals surface area contributed by atoms with Gasteiger partial charge in [0.15, 0.2) is 11.0 Å². The number of aryl methyl sites for hydroxylation is 2. The van der Waals surface area contributed by atoms with Crippen molar-refractivity contribution in [3.05, 3.63) is 53.6 Å². The van der Waals surface area contributed by atoms with Crippen molar-refractivity contribution in [3.63, 3.8) is 0 Å². The van der Waals surface area contributed by atoms with Gasteiger partial charge in [-0.15, -0.1) is 10.2 Å². The molecular formula is C23H26N4O2S. The van der Waals surface area contributed by atoms with Crippen molar-refractivity contribution >= 4 is 23.4 Å². The van der Waals surface area contributed by atoms with E-state index in [2.05, 4.69) is 33.7 Å². The molecule has 2 aromatic carbocycles. The van der Waals surface area contributed by atoms with Crippen LogP contribution in [-0.4, -0.2) is 33.0 Å². The zero-order chi connectivity index (χ0) is 20.9. The molecule has 1 aromatic heterocycles. The van der Waals surface area contributed by atoms with E-state index in [0.717, 1.165) is 34.4 Å². The Hall–Kier alpha value is -2.80. The van der Waals surface area contributed by atoms with E-state index in [1.165, 1.54) is 42.2 Å². The van der Waals surface area contributed by atoms with Crippen LogP contribution >= 0.6 is 11.8 Å². The summed E-state index contributed by atoms with van der Waals surface area (Å²) >= 11 is 1.38. The Bertz CT molecular complexity index is 1030. The van der Waals surface area contributed by atoms with Crippen molar-refractivity contribution in [1.82, 2.24) is 14.8 Å². The van der Waals surface area contributed by atoms with Crippen LogP contribution in [0.5, 0.6) is 5.75 Å². The molecule has 0 unspecified atom stereocenters. The molecule has 6 nitrogen and oxygen atoms in total. The van der Waals surface area contributed by atoms with Crippen LogP contribution in [0, 0.1) is 0 Å². The molecule has 30 heavy (non-hydrogen) atoms. The average Bonchev–Trinajstić information content (AvgIpc) is 3.14. The van der Waals surface area contributed by atoms with Crippen LogP contribution in [0.3, 0.4) is 0 Å². The first-order chi connectivity index (χ1) is 14.6. The molecule has 0 spiro atoms. The summed E-state index contributed by atoms with van der Waals surface area (Å²) in [7, 11) is 1.95. The largest absolute Gasteiger partial charge is 0.494 e. The number of ether oxygens (including phenoxy) is 1. The van der Waals surface area contributed by atoms with E-state index in [9.17, 15) is 4.79 Å². The van der Waals surface area contributed by atoms with Gasteiger partial charge in [0.1, 0.15) is 5.75 Å². The number of aromatic nitrogens is 3. The van der Waals surface area contributed by atoms with Gasteiger partial charge in [-0.2, -0.15) is 0 Å². The lowest BCUT2D eigenvalue weighted by Crippen LogP contribution is -2.14. The fourth-order valence-corrected chi connectivity index (χ4v) is 4.40. The van der Waals surface area contributed by atoms with Gasteiger partial charge < -0.3 is 14.6 Å². The molecular weight excluding hydrogens is 396 g/mol. The van der Waals surface area contributed by atoms with Crippen LogP contribution in [0.15, 0.2) is 47.6 Å². The Morgan fingerprint density at radius 3 is 2.63 bits per heavy atom. The van der Waals surface area contributed by atoms with Gasteiger partial charge in [-0.05, 0) is 74.1 Å². The quantitative estimate of drug-likeness (QED) is 0.568. The molecule has 0 radical (unpaired) electrons. The van der Waals surface area contributed by atoms with E-state index < -0.39 is 0 Å². The Labute approximate surface area is 181 Å². The minimum Gasteiger partial charge on any atom is -0.494 e. The number of benzene rings is 2. The van der Waals surface area contributed by atoms with Crippen LogP contribution in [0.4, 0.5) is 5.69 Å². The number of fused-ring (bicyclic) bond motifs is 1. The number of hydrogen-bond acceptors (Lipinski definition) is 5. The number of thioether (sulfide) groups is 1. The Balaban J connectivity index is 1.38. The molecule has 0 aliphatic heterocycles. The lowest BCUT2D eigenvalue weighted by Gasteiger charge is -2.16. The molecule has 1 aliphatic carbocycles. The molecule has 1 N–H and O–H groups in total.